The molecular formula is C17H25FN4O2S. The monoisotopic (exact) mass is 368 g/mol. The number of carbonyl (C=O) groups is 1. The highest BCUT2D eigenvalue weighted by Gasteiger charge is 2.25. The Bertz CT molecular complexity index is 640. The van der Waals surface area contributed by atoms with Crippen LogP contribution in [-0.2, 0) is 4.74 Å². The fourth-order valence-electron chi connectivity index (χ4n) is 2.76. The normalized spacial score (nSPS) is 15.6. The number of ether oxygens (including phenoxy) is 1. The summed E-state index contributed by atoms with van der Waals surface area (Å²) in [6.45, 7) is 6.84. The lowest BCUT2D eigenvalue weighted by molar-refractivity contribution is 0.0497. The number of rotatable bonds is 3. The summed E-state index contributed by atoms with van der Waals surface area (Å²) in [6, 6.07) is 4.87. The number of benzene rings is 1. The molecule has 0 atom stereocenters. The van der Waals surface area contributed by atoms with Gasteiger partial charge in [-0.1, -0.05) is 6.07 Å². The van der Waals surface area contributed by atoms with Gasteiger partial charge in [0.05, 0.1) is 5.69 Å². The van der Waals surface area contributed by atoms with Crippen LogP contribution in [0.3, 0.4) is 0 Å². The summed E-state index contributed by atoms with van der Waals surface area (Å²) in [5, 5.41) is 5.62. The van der Waals surface area contributed by atoms with Crippen LogP contribution in [-0.4, -0.2) is 35.9 Å². The van der Waals surface area contributed by atoms with Gasteiger partial charge in [0.25, 0.3) is 0 Å². The van der Waals surface area contributed by atoms with Crippen LogP contribution in [0, 0.1) is 5.82 Å². The summed E-state index contributed by atoms with van der Waals surface area (Å²) in [6.07, 6.45) is 1.07. The van der Waals surface area contributed by atoms with Crippen LogP contribution in [0.15, 0.2) is 18.2 Å². The van der Waals surface area contributed by atoms with Crippen LogP contribution in [0.5, 0.6) is 0 Å². The zero-order chi connectivity index (χ0) is 18.6. The van der Waals surface area contributed by atoms with E-state index in [4.69, 9.17) is 22.7 Å². The molecule has 138 valence electrons. The number of alkyl carbamates (subject to hydrolysis) is 1. The van der Waals surface area contributed by atoms with E-state index in [2.05, 4.69) is 15.5 Å². The molecule has 0 saturated carbocycles. The minimum atomic E-state index is -0.520. The highest BCUT2D eigenvalue weighted by molar-refractivity contribution is 7.80. The SMILES string of the molecule is CC(C)(C)OC(=O)NC1CCN(c2cccc(F)c2NC(N)=S)CC1. The lowest BCUT2D eigenvalue weighted by atomic mass is 10.0. The summed E-state index contributed by atoms with van der Waals surface area (Å²) < 4.78 is 19.4. The molecule has 1 fully saturated rings. The van der Waals surface area contributed by atoms with Gasteiger partial charge >= 0.3 is 6.09 Å². The number of piperidine rings is 1. The van der Waals surface area contributed by atoms with E-state index in [1.165, 1.54) is 6.07 Å². The van der Waals surface area contributed by atoms with Gasteiger partial charge in [-0.2, -0.15) is 0 Å². The van der Waals surface area contributed by atoms with E-state index in [1.54, 1.807) is 6.07 Å². The largest absolute Gasteiger partial charge is 0.444 e. The third-order valence-electron chi connectivity index (χ3n) is 3.80. The number of anilines is 2. The Kier molecular flexibility index (Phi) is 6.05. The van der Waals surface area contributed by atoms with Crippen molar-refractivity contribution in [1.29, 1.82) is 0 Å². The minimum Gasteiger partial charge on any atom is -0.444 e. The average Bonchev–Trinajstić information content (AvgIpc) is 2.48. The standard InChI is InChI=1S/C17H25FN4O2S/c1-17(2,3)24-16(23)20-11-7-9-22(10-8-11)13-6-4-5-12(18)14(13)21-15(19)25/h4-6,11H,7-10H2,1-3H3,(H,20,23)(H3,19,21,25). The molecule has 1 saturated heterocycles. The van der Waals surface area contributed by atoms with Crippen LogP contribution in [0.25, 0.3) is 0 Å². The molecule has 1 heterocycles. The molecular weight excluding hydrogens is 343 g/mol. The maximum atomic E-state index is 14.1. The number of nitrogens with zero attached hydrogens (tertiary/aromatic N) is 1. The van der Waals surface area contributed by atoms with Gasteiger partial charge in [-0.15, -0.1) is 0 Å². The number of halogens is 1. The number of hydrogen-bond donors (Lipinski definition) is 3. The molecule has 2 rings (SSSR count). The van der Waals surface area contributed by atoms with E-state index in [0.717, 1.165) is 12.8 Å². The zero-order valence-corrected chi connectivity index (χ0v) is 15.6. The van der Waals surface area contributed by atoms with Crippen LogP contribution in [0.2, 0.25) is 0 Å². The van der Waals surface area contributed by atoms with Gasteiger partial charge in [0, 0.05) is 19.1 Å². The number of nitrogens with two attached hydrogens (primary N) is 1. The minimum absolute atomic E-state index is 0.0211. The lowest BCUT2D eigenvalue weighted by Gasteiger charge is -2.35. The second-order valence-electron chi connectivity index (χ2n) is 7.03. The summed E-state index contributed by atoms with van der Waals surface area (Å²) in [5.74, 6) is -0.403. The maximum absolute atomic E-state index is 14.1. The second kappa shape index (κ2) is 7.86. The molecule has 25 heavy (non-hydrogen) atoms. The summed E-state index contributed by atoms with van der Waals surface area (Å²) in [5.41, 5.74) is 5.97. The smallest absolute Gasteiger partial charge is 0.407 e. The van der Waals surface area contributed by atoms with E-state index in [9.17, 15) is 9.18 Å². The van der Waals surface area contributed by atoms with Crippen molar-refractivity contribution in [1.82, 2.24) is 5.32 Å². The van der Waals surface area contributed by atoms with Crippen molar-refractivity contribution in [2.75, 3.05) is 23.3 Å². The average molecular weight is 368 g/mol. The van der Waals surface area contributed by atoms with Gasteiger partial charge in [-0.25, -0.2) is 9.18 Å². The molecule has 0 radical (unpaired) electrons. The predicted octanol–water partition coefficient (Wildman–Crippen LogP) is 2.97. The molecule has 0 spiro atoms. The molecule has 6 nitrogen and oxygen atoms in total. The molecule has 1 aromatic rings. The first-order valence-electron chi connectivity index (χ1n) is 8.25. The van der Waals surface area contributed by atoms with Crippen LogP contribution < -0.4 is 21.3 Å². The van der Waals surface area contributed by atoms with Crippen molar-refractivity contribution in [3.63, 3.8) is 0 Å². The highest BCUT2D eigenvalue weighted by atomic mass is 32.1. The summed E-state index contributed by atoms with van der Waals surface area (Å²) in [7, 11) is 0. The van der Waals surface area contributed by atoms with Crippen LogP contribution in [0.1, 0.15) is 33.6 Å². The Hall–Kier alpha value is -2.09. The van der Waals surface area contributed by atoms with Gasteiger partial charge in [-0.3, -0.25) is 0 Å². The first kappa shape index (κ1) is 19.2. The van der Waals surface area contributed by atoms with E-state index >= 15 is 0 Å². The number of amides is 1. The van der Waals surface area contributed by atoms with E-state index < -0.39 is 17.5 Å². The van der Waals surface area contributed by atoms with Gasteiger partial charge in [0.15, 0.2) is 5.11 Å². The molecule has 8 heteroatoms. The number of para-hydroxylation sites is 1. The van der Waals surface area contributed by atoms with E-state index in [0.29, 0.717) is 18.8 Å². The van der Waals surface area contributed by atoms with Crippen molar-refractivity contribution in [2.24, 2.45) is 5.73 Å². The predicted molar refractivity (Wildman–Crippen MR) is 101 cm³/mol. The molecule has 0 bridgehead atoms. The van der Waals surface area contributed by atoms with Crippen LogP contribution in [0.4, 0.5) is 20.6 Å². The topological polar surface area (TPSA) is 79.6 Å². The van der Waals surface area contributed by atoms with Crippen molar-refractivity contribution in [2.45, 2.75) is 45.3 Å². The molecule has 1 amide bonds. The molecule has 4 N–H and O–H groups in total. The molecule has 0 aromatic heterocycles. The fraction of sp³-hybridized carbons (Fsp3) is 0.529. The third-order valence-corrected chi connectivity index (χ3v) is 3.90. The van der Waals surface area contributed by atoms with Crippen molar-refractivity contribution >= 4 is 34.8 Å². The van der Waals surface area contributed by atoms with E-state index in [1.807, 2.05) is 26.8 Å². The van der Waals surface area contributed by atoms with Gasteiger partial charge in [0.1, 0.15) is 17.1 Å². The van der Waals surface area contributed by atoms with Gasteiger partial charge in [0.2, 0.25) is 0 Å². The maximum Gasteiger partial charge on any atom is 0.407 e. The Morgan fingerprint density at radius 1 is 1.36 bits per heavy atom. The Morgan fingerprint density at radius 2 is 2.00 bits per heavy atom. The zero-order valence-electron chi connectivity index (χ0n) is 14.8. The Morgan fingerprint density at radius 3 is 2.56 bits per heavy atom. The molecule has 1 aliphatic heterocycles. The lowest BCUT2D eigenvalue weighted by Crippen LogP contribution is -2.46. The highest BCUT2D eigenvalue weighted by Crippen LogP contribution is 2.30. The van der Waals surface area contributed by atoms with Crippen molar-refractivity contribution < 1.29 is 13.9 Å². The number of nitrogens with one attached hydrogen (secondary N) is 2. The van der Waals surface area contributed by atoms with Gasteiger partial charge in [-0.05, 0) is 58.0 Å². The quantitative estimate of drug-likeness (QED) is 0.712. The molecule has 0 unspecified atom stereocenters. The number of hydrogen-bond acceptors (Lipinski definition) is 4. The first-order valence-corrected chi connectivity index (χ1v) is 8.66. The van der Waals surface area contributed by atoms with E-state index in [-0.39, 0.29) is 16.8 Å². The Labute approximate surface area is 152 Å². The Balaban J connectivity index is 1.97. The third kappa shape index (κ3) is 5.74. The van der Waals surface area contributed by atoms with Gasteiger partial charge < -0.3 is 26.0 Å². The van der Waals surface area contributed by atoms with Crippen molar-refractivity contribution in [3.05, 3.63) is 24.0 Å². The fourth-order valence-corrected chi connectivity index (χ4v) is 2.86. The first-order chi connectivity index (χ1) is 11.7. The molecule has 1 aliphatic rings. The summed E-state index contributed by atoms with van der Waals surface area (Å²) >= 11 is 4.83. The number of thiocarbonyl (C=S) groups is 1. The van der Waals surface area contributed by atoms with Crippen LogP contribution >= 0.6 is 12.2 Å². The molecule has 1 aromatic carbocycles. The van der Waals surface area contributed by atoms with Crippen molar-refractivity contribution in [3.8, 4) is 0 Å². The second-order valence-corrected chi connectivity index (χ2v) is 7.47. The summed E-state index contributed by atoms with van der Waals surface area (Å²) in [4.78, 5) is 13.9. The number of carbonyl (C=O) groups excluding carboxylic acids is 1. The molecule has 0 aliphatic carbocycles.